The highest BCUT2D eigenvalue weighted by Crippen LogP contribution is 2.23. The second kappa shape index (κ2) is 8.78. The summed E-state index contributed by atoms with van der Waals surface area (Å²) in [5, 5.41) is 2.93. The third-order valence-corrected chi connectivity index (χ3v) is 4.53. The van der Waals surface area contributed by atoms with E-state index in [1.54, 1.807) is 0 Å². The van der Waals surface area contributed by atoms with Crippen molar-refractivity contribution in [2.75, 3.05) is 40.0 Å². The molecule has 1 fully saturated rings. The van der Waals surface area contributed by atoms with Crippen LogP contribution >= 0.6 is 0 Å². The van der Waals surface area contributed by atoms with Gasteiger partial charge in [0.1, 0.15) is 11.6 Å². The fourth-order valence-electron chi connectivity index (χ4n) is 3.16. The molecule has 1 saturated heterocycles. The molecule has 2 aromatic rings. The van der Waals surface area contributed by atoms with E-state index in [-0.39, 0.29) is 17.5 Å². The second-order valence-corrected chi connectivity index (χ2v) is 6.13. The van der Waals surface area contributed by atoms with Crippen LogP contribution in [0.2, 0.25) is 0 Å². The third kappa shape index (κ3) is 4.39. The Bertz CT molecular complexity index is 733. The second-order valence-electron chi connectivity index (χ2n) is 6.13. The largest absolute Gasteiger partial charge is 0.496 e. The smallest absolute Gasteiger partial charge is 0.255 e. The fraction of sp³-hybridized carbons (Fsp3) is 0.350. The molecular weight excluding hydrogens is 335 g/mol. The molecule has 1 aliphatic rings. The fourth-order valence-corrected chi connectivity index (χ4v) is 3.16. The van der Waals surface area contributed by atoms with Crippen LogP contribution in [0.25, 0.3) is 0 Å². The molecule has 1 heterocycles. The van der Waals surface area contributed by atoms with Crippen LogP contribution in [-0.2, 0) is 4.74 Å². The summed E-state index contributed by atoms with van der Waals surface area (Å²) >= 11 is 0. The molecule has 1 atom stereocenters. The van der Waals surface area contributed by atoms with Gasteiger partial charge in [-0.2, -0.15) is 0 Å². The van der Waals surface area contributed by atoms with Crippen LogP contribution in [-0.4, -0.2) is 50.8 Å². The minimum atomic E-state index is -0.469. The highest BCUT2D eigenvalue weighted by atomic mass is 19.1. The standard InChI is InChI=1S/C20H23FN2O3/c1-25-19-8-7-16(21)13-17(19)20(24)22-14-18(15-5-3-2-4-6-15)23-9-11-26-12-10-23/h2-8,13,18H,9-12,14H2,1H3,(H,22,24). The van der Waals surface area contributed by atoms with Crippen LogP contribution in [0.4, 0.5) is 4.39 Å². The monoisotopic (exact) mass is 358 g/mol. The molecule has 5 nitrogen and oxygen atoms in total. The first-order chi connectivity index (χ1) is 12.7. The molecule has 0 aliphatic carbocycles. The van der Waals surface area contributed by atoms with Crippen molar-refractivity contribution in [2.24, 2.45) is 0 Å². The van der Waals surface area contributed by atoms with Crippen LogP contribution in [0.3, 0.4) is 0 Å². The number of hydrogen-bond acceptors (Lipinski definition) is 4. The predicted octanol–water partition coefficient (Wildman–Crippen LogP) is 2.64. The number of halogens is 1. The summed E-state index contributed by atoms with van der Waals surface area (Å²) in [6.45, 7) is 3.38. The lowest BCUT2D eigenvalue weighted by Gasteiger charge is -2.35. The van der Waals surface area contributed by atoms with E-state index in [1.165, 1.54) is 25.3 Å². The number of rotatable bonds is 6. The van der Waals surface area contributed by atoms with Gasteiger partial charge in [-0.15, -0.1) is 0 Å². The Labute approximate surface area is 152 Å². The van der Waals surface area contributed by atoms with E-state index < -0.39 is 5.82 Å². The molecule has 0 radical (unpaired) electrons. The minimum absolute atomic E-state index is 0.0311. The van der Waals surface area contributed by atoms with Gasteiger partial charge >= 0.3 is 0 Å². The summed E-state index contributed by atoms with van der Waals surface area (Å²) < 4.78 is 24.2. The molecular formula is C20H23FN2O3. The van der Waals surface area contributed by atoms with Crippen LogP contribution in [0.15, 0.2) is 48.5 Å². The van der Waals surface area contributed by atoms with E-state index in [0.717, 1.165) is 18.7 Å². The van der Waals surface area contributed by atoms with Crippen molar-refractivity contribution in [3.8, 4) is 5.75 Å². The van der Waals surface area contributed by atoms with Gasteiger partial charge in [-0.1, -0.05) is 30.3 Å². The highest BCUT2D eigenvalue weighted by Gasteiger charge is 2.24. The molecule has 0 aromatic heterocycles. The number of methoxy groups -OCH3 is 1. The Balaban J connectivity index is 1.75. The summed E-state index contributed by atoms with van der Waals surface area (Å²) in [5.74, 6) is -0.467. The summed E-state index contributed by atoms with van der Waals surface area (Å²) in [6.07, 6.45) is 0. The maximum Gasteiger partial charge on any atom is 0.255 e. The van der Waals surface area contributed by atoms with E-state index in [0.29, 0.717) is 25.5 Å². The molecule has 1 unspecified atom stereocenters. The van der Waals surface area contributed by atoms with Crippen molar-refractivity contribution in [1.82, 2.24) is 10.2 Å². The van der Waals surface area contributed by atoms with Crippen LogP contribution in [0.5, 0.6) is 5.75 Å². The molecule has 1 aliphatic heterocycles. The molecule has 0 saturated carbocycles. The number of ether oxygens (including phenoxy) is 2. The lowest BCUT2D eigenvalue weighted by Crippen LogP contribution is -2.43. The first-order valence-electron chi connectivity index (χ1n) is 8.67. The van der Waals surface area contributed by atoms with E-state index in [4.69, 9.17) is 9.47 Å². The molecule has 138 valence electrons. The summed E-state index contributed by atoms with van der Waals surface area (Å²) in [7, 11) is 1.46. The van der Waals surface area contributed by atoms with E-state index in [9.17, 15) is 9.18 Å². The number of benzene rings is 2. The van der Waals surface area contributed by atoms with Crippen molar-refractivity contribution in [2.45, 2.75) is 6.04 Å². The Morgan fingerprint density at radius 2 is 1.96 bits per heavy atom. The summed E-state index contributed by atoms with van der Waals surface area (Å²) in [4.78, 5) is 14.9. The van der Waals surface area contributed by atoms with E-state index >= 15 is 0 Å². The van der Waals surface area contributed by atoms with Gasteiger partial charge in [-0.3, -0.25) is 9.69 Å². The zero-order valence-electron chi connectivity index (χ0n) is 14.8. The SMILES string of the molecule is COc1ccc(F)cc1C(=O)NCC(c1ccccc1)N1CCOCC1. The van der Waals surface area contributed by atoms with Gasteiger partial charge in [-0.25, -0.2) is 4.39 Å². The number of morpholine rings is 1. The number of nitrogens with one attached hydrogen (secondary N) is 1. The van der Waals surface area contributed by atoms with Gasteiger partial charge < -0.3 is 14.8 Å². The van der Waals surface area contributed by atoms with Gasteiger partial charge in [0.15, 0.2) is 0 Å². The molecule has 2 aromatic carbocycles. The van der Waals surface area contributed by atoms with Crippen molar-refractivity contribution in [3.05, 3.63) is 65.5 Å². The number of carbonyl (C=O) groups excluding carboxylic acids is 1. The highest BCUT2D eigenvalue weighted by molar-refractivity contribution is 5.96. The molecule has 0 bridgehead atoms. The van der Waals surface area contributed by atoms with Gasteiger partial charge in [0, 0.05) is 19.6 Å². The average Bonchev–Trinajstić information content (AvgIpc) is 2.69. The number of hydrogen-bond donors (Lipinski definition) is 1. The first kappa shape index (κ1) is 18.4. The Kier molecular flexibility index (Phi) is 6.20. The van der Waals surface area contributed by atoms with E-state index in [2.05, 4.69) is 22.3 Å². The lowest BCUT2D eigenvalue weighted by atomic mass is 10.0. The first-order valence-corrected chi connectivity index (χ1v) is 8.67. The Hall–Kier alpha value is -2.44. The molecule has 26 heavy (non-hydrogen) atoms. The van der Waals surface area contributed by atoms with Crippen molar-refractivity contribution < 1.29 is 18.7 Å². The van der Waals surface area contributed by atoms with Gasteiger partial charge in [-0.05, 0) is 23.8 Å². The number of nitrogens with zero attached hydrogens (tertiary/aromatic N) is 1. The normalized spacial score (nSPS) is 16.1. The Morgan fingerprint density at radius 1 is 1.23 bits per heavy atom. The Morgan fingerprint density at radius 3 is 2.65 bits per heavy atom. The van der Waals surface area contributed by atoms with Gasteiger partial charge in [0.2, 0.25) is 0 Å². The average molecular weight is 358 g/mol. The maximum absolute atomic E-state index is 13.5. The van der Waals surface area contributed by atoms with Crippen molar-refractivity contribution in [3.63, 3.8) is 0 Å². The molecule has 3 rings (SSSR count). The quantitative estimate of drug-likeness (QED) is 0.863. The lowest BCUT2D eigenvalue weighted by molar-refractivity contribution is 0.0162. The van der Waals surface area contributed by atoms with E-state index in [1.807, 2.05) is 18.2 Å². The van der Waals surface area contributed by atoms with Crippen LogP contribution < -0.4 is 10.1 Å². The number of amides is 1. The van der Waals surface area contributed by atoms with Crippen molar-refractivity contribution >= 4 is 5.91 Å². The summed E-state index contributed by atoms with van der Waals surface area (Å²) in [5.41, 5.74) is 1.32. The van der Waals surface area contributed by atoms with Crippen LogP contribution in [0.1, 0.15) is 22.0 Å². The van der Waals surface area contributed by atoms with Gasteiger partial charge in [0.05, 0.1) is 31.9 Å². The minimum Gasteiger partial charge on any atom is -0.496 e. The van der Waals surface area contributed by atoms with Gasteiger partial charge in [0.25, 0.3) is 5.91 Å². The third-order valence-electron chi connectivity index (χ3n) is 4.53. The topological polar surface area (TPSA) is 50.8 Å². The molecule has 6 heteroatoms. The van der Waals surface area contributed by atoms with Crippen molar-refractivity contribution in [1.29, 1.82) is 0 Å². The molecule has 0 spiro atoms. The van der Waals surface area contributed by atoms with Crippen LogP contribution in [0, 0.1) is 5.82 Å². The predicted molar refractivity (Wildman–Crippen MR) is 96.9 cm³/mol. The zero-order chi connectivity index (χ0) is 18.4. The summed E-state index contributed by atoms with van der Waals surface area (Å²) in [6, 6.07) is 14.0. The molecule has 1 amide bonds. The zero-order valence-corrected chi connectivity index (χ0v) is 14.8. The maximum atomic E-state index is 13.5. The number of carbonyl (C=O) groups is 1. The molecule has 1 N–H and O–H groups in total.